The maximum absolute atomic E-state index is 12.5. The molecule has 3 aromatic rings. The fourth-order valence-electron chi connectivity index (χ4n) is 2.70. The summed E-state index contributed by atoms with van der Waals surface area (Å²) in [5.74, 6) is -1.35. The van der Waals surface area contributed by atoms with Gasteiger partial charge in [0.05, 0.1) is 0 Å². The van der Waals surface area contributed by atoms with E-state index in [0.29, 0.717) is 17.0 Å². The standard InChI is InChI=1S/C21H17ClN2O4/c22-16-9-6-15(7-10-16)8-11-17(25)18-19(26)23-21(28)24(20(18)27)13-12-14-4-2-1-3-5-14/h1-11,27H,12-13H2,(H,23,26,28). The van der Waals surface area contributed by atoms with E-state index in [2.05, 4.69) is 4.98 Å². The predicted octanol–water partition coefficient (Wildman–Crippen LogP) is 3.03. The summed E-state index contributed by atoms with van der Waals surface area (Å²) in [6.45, 7) is 0.118. The number of nitrogens with zero attached hydrogens (tertiary/aromatic N) is 1. The minimum absolute atomic E-state index is 0.118. The molecule has 0 unspecified atom stereocenters. The number of benzene rings is 2. The van der Waals surface area contributed by atoms with Crippen molar-refractivity contribution in [1.29, 1.82) is 0 Å². The Morgan fingerprint density at radius 2 is 1.75 bits per heavy atom. The van der Waals surface area contributed by atoms with Crippen molar-refractivity contribution in [3.63, 3.8) is 0 Å². The summed E-state index contributed by atoms with van der Waals surface area (Å²) in [4.78, 5) is 38.7. The molecule has 0 aliphatic heterocycles. The van der Waals surface area contributed by atoms with E-state index in [4.69, 9.17) is 11.6 Å². The van der Waals surface area contributed by atoms with E-state index in [-0.39, 0.29) is 6.54 Å². The maximum Gasteiger partial charge on any atom is 0.331 e. The fourth-order valence-corrected chi connectivity index (χ4v) is 2.83. The first kappa shape index (κ1) is 19.4. The van der Waals surface area contributed by atoms with Gasteiger partial charge < -0.3 is 5.11 Å². The highest BCUT2D eigenvalue weighted by atomic mass is 35.5. The van der Waals surface area contributed by atoms with Gasteiger partial charge in [-0.2, -0.15) is 0 Å². The van der Waals surface area contributed by atoms with Gasteiger partial charge in [0.1, 0.15) is 5.56 Å². The van der Waals surface area contributed by atoms with Crippen molar-refractivity contribution in [3.8, 4) is 5.88 Å². The Morgan fingerprint density at radius 1 is 1.07 bits per heavy atom. The van der Waals surface area contributed by atoms with Crippen LogP contribution in [0.15, 0.2) is 70.3 Å². The van der Waals surface area contributed by atoms with Gasteiger partial charge in [-0.1, -0.05) is 60.1 Å². The molecule has 2 N–H and O–H groups in total. The number of carbonyl (C=O) groups is 1. The number of H-pyrrole nitrogens is 1. The van der Waals surface area contributed by atoms with Gasteiger partial charge in [0.25, 0.3) is 5.56 Å². The number of aromatic hydroxyl groups is 1. The first-order valence-electron chi connectivity index (χ1n) is 8.53. The highest BCUT2D eigenvalue weighted by molar-refractivity contribution is 6.30. The lowest BCUT2D eigenvalue weighted by atomic mass is 10.1. The maximum atomic E-state index is 12.5. The number of carbonyl (C=O) groups excluding carboxylic acids is 1. The van der Waals surface area contributed by atoms with Crippen molar-refractivity contribution in [1.82, 2.24) is 9.55 Å². The van der Waals surface area contributed by atoms with Crippen molar-refractivity contribution in [3.05, 3.63) is 103 Å². The summed E-state index contributed by atoms with van der Waals surface area (Å²) in [6.07, 6.45) is 3.12. The van der Waals surface area contributed by atoms with Gasteiger partial charge in [-0.15, -0.1) is 0 Å². The molecule has 28 heavy (non-hydrogen) atoms. The third-order valence-electron chi connectivity index (χ3n) is 4.18. The molecule has 1 heterocycles. The smallest absolute Gasteiger partial charge is 0.331 e. The number of hydrogen-bond acceptors (Lipinski definition) is 4. The molecule has 0 spiro atoms. The summed E-state index contributed by atoms with van der Waals surface area (Å²) in [5, 5.41) is 11.0. The van der Waals surface area contributed by atoms with Crippen LogP contribution in [0.25, 0.3) is 6.08 Å². The zero-order chi connectivity index (χ0) is 20.1. The highest BCUT2D eigenvalue weighted by Crippen LogP contribution is 2.15. The normalized spacial score (nSPS) is 11.0. The predicted molar refractivity (Wildman–Crippen MR) is 108 cm³/mol. The average molecular weight is 397 g/mol. The molecule has 0 saturated heterocycles. The number of allylic oxidation sites excluding steroid dienone is 1. The van der Waals surface area contributed by atoms with Gasteiger partial charge in [-0.25, -0.2) is 4.79 Å². The highest BCUT2D eigenvalue weighted by Gasteiger charge is 2.19. The largest absolute Gasteiger partial charge is 0.494 e. The van der Waals surface area contributed by atoms with Gasteiger partial charge in [-0.05, 0) is 35.8 Å². The second-order valence-electron chi connectivity index (χ2n) is 6.09. The van der Waals surface area contributed by atoms with E-state index in [1.165, 1.54) is 12.2 Å². The van der Waals surface area contributed by atoms with Crippen LogP contribution in [0.3, 0.4) is 0 Å². The average Bonchev–Trinajstić information content (AvgIpc) is 2.68. The monoisotopic (exact) mass is 396 g/mol. The molecule has 0 aliphatic carbocycles. The van der Waals surface area contributed by atoms with Gasteiger partial charge in [0, 0.05) is 11.6 Å². The number of ketones is 1. The van der Waals surface area contributed by atoms with E-state index in [0.717, 1.165) is 10.1 Å². The number of aromatic amines is 1. The van der Waals surface area contributed by atoms with Crippen molar-refractivity contribution in [2.45, 2.75) is 13.0 Å². The Kier molecular flexibility index (Phi) is 5.91. The van der Waals surface area contributed by atoms with Crippen LogP contribution in [-0.2, 0) is 13.0 Å². The first-order chi connectivity index (χ1) is 13.5. The molecule has 0 radical (unpaired) electrons. The molecule has 0 atom stereocenters. The number of aromatic nitrogens is 2. The zero-order valence-corrected chi connectivity index (χ0v) is 15.5. The van der Waals surface area contributed by atoms with Crippen LogP contribution in [0.5, 0.6) is 5.88 Å². The molecular weight excluding hydrogens is 380 g/mol. The lowest BCUT2D eigenvalue weighted by Crippen LogP contribution is -2.34. The molecule has 0 aliphatic rings. The summed E-state index contributed by atoms with van der Waals surface area (Å²) in [6, 6.07) is 16.1. The van der Waals surface area contributed by atoms with E-state index in [1.54, 1.807) is 24.3 Å². The zero-order valence-electron chi connectivity index (χ0n) is 14.8. The summed E-state index contributed by atoms with van der Waals surface area (Å²) >= 11 is 5.82. The minimum atomic E-state index is -0.927. The number of aryl methyl sites for hydroxylation is 1. The van der Waals surface area contributed by atoms with Crippen LogP contribution in [0.4, 0.5) is 0 Å². The SMILES string of the molecule is O=C(C=Cc1ccc(Cl)cc1)c1c(O)n(CCc2ccccc2)c(=O)[nH]c1=O. The Morgan fingerprint density at radius 3 is 2.43 bits per heavy atom. The molecule has 7 heteroatoms. The molecule has 0 saturated carbocycles. The minimum Gasteiger partial charge on any atom is -0.494 e. The summed E-state index contributed by atoms with van der Waals surface area (Å²) in [5.41, 5.74) is -0.514. The van der Waals surface area contributed by atoms with Gasteiger partial charge in [-0.3, -0.25) is 19.1 Å². The third-order valence-corrected chi connectivity index (χ3v) is 4.43. The van der Waals surface area contributed by atoms with Crippen LogP contribution in [0.1, 0.15) is 21.5 Å². The Hall–Kier alpha value is -3.38. The van der Waals surface area contributed by atoms with E-state index in [9.17, 15) is 19.5 Å². The molecule has 0 amide bonds. The molecule has 6 nitrogen and oxygen atoms in total. The summed E-state index contributed by atoms with van der Waals surface area (Å²) in [7, 11) is 0. The first-order valence-corrected chi connectivity index (χ1v) is 8.91. The van der Waals surface area contributed by atoms with Crippen molar-refractivity contribution < 1.29 is 9.90 Å². The summed E-state index contributed by atoms with van der Waals surface area (Å²) < 4.78 is 0.984. The van der Waals surface area contributed by atoms with Gasteiger partial charge >= 0.3 is 5.69 Å². The lowest BCUT2D eigenvalue weighted by molar-refractivity contribution is 0.104. The number of halogens is 1. The van der Waals surface area contributed by atoms with Gasteiger partial charge in [0.2, 0.25) is 5.88 Å². The van der Waals surface area contributed by atoms with Crippen LogP contribution in [-0.4, -0.2) is 20.4 Å². The number of rotatable bonds is 6. The Bertz CT molecular complexity index is 1130. The van der Waals surface area contributed by atoms with Crippen molar-refractivity contribution in [2.75, 3.05) is 0 Å². The van der Waals surface area contributed by atoms with Crippen molar-refractivity contribution >= 4 is 23.5 Å². The van der Waals surface area contributed by atoms with Crippen molar-refractivity contribution in [2.24, 2.45) is 0 Å². The van der Waals surface area contributed by atoms with E-state index in [1.807, 2.05) is 30.3 Å². The third kappa shape index (κ3) is 4.47. The second kappa shape index (κ2) is 8.54. The lowest BCUT2D eigenvalue weighted by Gasteiger charge is -2.10. The van der Waals surface area contributed by atoms with Crippen LogP contribution in [0.2, 0.25) is 5.02 Å². The topological polar surface area (TPSA) is 92.2 Å². The quantitative estimate of drug-likeness (QED) is 0.495. The second-order valence-corrected chi connectivity index (χ2v) is 6.53. The van der Waals surface area contributed by atoms with Crippen LogP contribution in [0, 0.1) is 0 Å². The molecule has 142 valence electrons. The van der Waals surface area contributed by atoms with Gasteiger partial charge in [0.15, 0.2) is 5.78 Å². The molecule has 2 aromatic carbocycles. The number of nitrogens with one attached hydrogen (secondary N) is 1. The molecule has 0 fully saturated rings. The molecular formula is C21H17ClN2O4. The van der Waals surface area contributed by atoms with E-state index >= 15 is 0 Å². The molecule has 3 rings (SSSR count). The molecule has 0 bridgehead atoms. The molecule has 1 aromatic heterocycles. The fraction of sp³-hybridized carbons (Fsp3) is 0.0952. The number of hydrogen-bond donors (Lipinski definition) is 2. The van der Waals surface area contributed by atoms with E-state index < -0.39 is 28.5 Å². The Balaban J connectivity index is 1.88. The van der Waals surface area contributed by atoms with Crippen LogP contribution >= 0.6 is 11.6 Å². The van der Waals surface area contributed by atoms with Crippen LogP contribution < -0.4 is 11.2 Å². The Labute approximate surface area is 165 Å².